The van der Waals surface area contributed by atoms with E-state index in [-0.39, 0.29) is 81.9 Å². The average Bonchev–Trinajstić information content (AvgIpc) is 3.62. The van der Waals surface area contributed by atoms with Crippen LogP contribution in [0.4, 0.5) is 15.8 Å². The normalized spacial score (nSPS) is 29.7. The number of amides is 1. The highest BCUT2D eigenvalue weighted by Crippen LogP contribution is 2.55. The molecule has 2 aromatic rings. The molecule has 2 saturated carbocycles. The van der Waals surface area contributed by atoms with Crippen molar-refractivity contribution in [1.29, 1.82) is 0 Å². The van der Waals surface area contributed by atoms with Gasteiger partial charge in [0.2, 0.25) is 10.0 Å². The topological polar surface area (TPSA) is 136 Å². The standard InChI is InChI=1S/C27H27FN4O6S2/c28-18-6-2-15(3-7-18)14-31-24-17-5-4-16(12-17)22(24)25(33)23(27(31)34)26-29-20-9-8-19(13-21(20)40(37,38)30-26)32-10-1-11-39(32,35)36/h2-3,6-9,13,16-17,22,24,33H,1,4-5,10-12,14H2,(H,29,30)/t16-,17+,22?,24?/m0/s1. The van der Waals surface area contributed by atoms with Crippen LogP contribution < -0.4 is 9.62 Å². The van der Waals surface area contributed by atoms with Crippen molar-refractivity contribution >= 4 is 43.2 Å². The van der Waals surface area contributed by atoms with Crippen LogP contribution in [0.5, 0.6) is 0 Å². The zero-order valence-corrected chi connectivity index (χ0v) is 23.0. The number of hydrogen-bond donors (Lipinski definition) is 2. The number of carbonyl (C=O) groups is 1. The molecule has 0 spiro atoms. The van der Waals surface area contributed by atoms with Gasteiger partial charge in [0.25, 0.3) is 15.9 Å². The first-order chi connectivity index (χ1) is 19.0. The Morgan fingerprint density at radius 2 is 1.80 bits per heavy atom. The molecule has 3 heterocycles. The maximum absolute atomic E-state index is 14.0. The van der Waals surface area contributed by atoms with E-state index >= 15 is 0 Å². The van der Waals surface area contributed by atoms with Gasteiger partial charge >= 0.3 is 0 Å². The van der Waals surface area contributed by atoms with Crippen LogP contribution in [0.25, 0.3) is 0 Å². The van der Waals surface area contributed by atoms with Gasteiger partial charge in [-0.2, -0.15) is 8.42 Å². The number of benzene rings is 2. The van der Waals surface area contributed by atoms with E-state index in [9.17, 15) is 31.1 Å². The molecule has 0 radical (unpaired) electrons. The monoisotopic (exact) mass is 586 g/mol. The Morgan fingerprint density at radius 1 is 1.05 bits per heavy atom. The number of halogens is 1. The van der Waals surface area contributed by atoms with Crippen molar-refractivity contribution in [2.45, 2.75) is 43.2 Å². The van der Waals surface area contributed by atoms with E-state index < -0.39 is 26.0 Å². The summed E-state index contributed by atoms with van der Waals surface area (Å²) in [5, 5.41) is 14.4. The Kier molecular flexibility index (Phi) is 5.60. The summed E-state index contributed by atoms with van der Waals surface area (Å²) in [6.45, 7) is 0.442. The number of sulfonamides is 2. The Morgan fingerprint density at radius 3 is 2.52 bits per heavy atom. The SMILES string of the molecule is O=C1C(C2=NS(=O)(=O)c3cc(N4CCCS4(=O)=O)ccc3N2)=C(O)C2C([C@@H]3CC[C@H]2C3)N1Cc1ccc(F)cc1. The Bertz CT molecular complexity index is 1720. The quantitative estimate of drug-likeness (QED) is 0.562. The molecular weight excluding hydrogens is 559 g/mol. The number of nitrogens with zero attached hydrogens (tertiary/aromatic N) is 3. The third-order valence-electron chi connectivity index (χ3n) is 8.88. The minimum Gasteiger partial charge on any atom is -0.511 e. The first-order valence-electron chi connectivity index (χ1n) is 13.3. The molecule has 10 nitrogen and oxygen atoms in total. The van der Waals surface area contributed by atoms with Gasteiger partial charge in [-0.25, -0.2) is 12.8 Å². The number of anilines is 2. The summed E-state index contributed by atoms with van der Waals surface area (Å²) in [5.74, 6) is -1.32. The lowest BCUT2D eigenvalue weighted by Crippen LogP contribution is -2.53. The van der Waals surface area contributed by atoms with Crippen molar-refractivity contribution in [3.05, 3.63) is 65.2 Å². The molecule has 0 aromatic heterocycles. The summed E-state index contributed by atoms with van der Waals surface area (Å²) in [6, 6.07) is 9.87. The zero-order valence-electron chi connectivity index (χ0n) is 21.3. The first-order valence-corrected chi connectivity index (χ1v) is 16.3. The number of carbonyl (C=O) groups excluding carboxylic acids is 1. The summed E-state index contributed by atoms with van der Waals surface area (Å²) >= 11 is 0. The van der Waals surface area contributed by atoms with Crippen LogP contribution in [-0.4, -0.2) is 56.9 Å². The molecule has 2 N–H and O–H groups in total. The molecule has 40 heavy (non-hydrogen) atoms. The van der Waals surface area contributed by atoms with Crippen LogP contribution >= 0.6 is 0 Å². The number of hydrogen-bond acceptors (Lipinski definition) is 7. The molecule has 3 aliphatic heterocycles. The Balaban J connectivity index is 1.28. The summed E-state index contributed by atoms with van der Waals surface area (Å²) < 4.78 is 70.1. The summed E-state index contributed by atoms with van der Waals surface area (Å²) in [4.78, 5) is 15.5. The van der Waals surface area contributed by atoms with E-state index in [2.05, 4.69) is 9.71 Å². The van der Waals surface area contributed by atoms with Crippen LogP contribution in [0.15, 0.2) is 63.1 Å². The highest BCUT2D eigenvalue weighted by Gasteiger charge is 2.57. The number of aliphatic hydroxyl groups is 1. The second kappa shape index (κ2) is 8.77. The van der Waals surface area contributed by atoms with Crippen LogP contribution in [0, 0.1) is 23.6 Å². The van der Waals surface area contributed by atoms with Gasteiger partial charge in [0.05, 0.1) is 17.1 Å². The third-order valence-corrected chi connectivity index (χ3v) is 12.1. The van der Waals surface area contributed by atoms with Gasteiger partial charge in [0.15, 0.2) is 5.84 Å². The highest BCUT2D eigenvalue weighted by molar-refractivity contribution is 7.93. The lowest BCUT2D eigenvalue weighted by atomic mass is 9.77. The molecule has 5 aliphatic rings. The van der Waals surface area contributed by atoms with Crippen LogP contribution in [0.1, 0.15) is 31.2 Å². The van der Waals surface area contributed by atoms with Gasteiger partial charge in [0, 0.05) is 25.0 Å². The fourth-order valence-electron chi connectivity index (χ4n) is 7.18. The molecule has 2 bridgehead atoms. The molecule has 3 fully saturated rings. The molecule has 13 heteroatoms. The third kappa shape index (κ3) is 3.85. The molecule has 4 atom stereocenters. The van der Waals surface area contributed by atoms with E-state index in [0.717, 1.165) is 24.8 Å². The van der Waals surface area contributed by atoms with E-state index in [1.165, 1.54) is 34.6 Å². The minimum atomic E-state index is -4.34. The minimum absolute atomic E-state index is 0.00857. The molecular formula is C27H27FN4O6S2. The van der Waals surface area contributed by atoms with Gasteiger partial charge in [-0.3, -0.25) is 9.10 Å². The predicted octanol–water partition coefficient (Wildman–Crippen LogP) is 3.15. The van der Waals surface area contributed by atoms with Gasteiger partial charge in [-0.05, 0) is 73.4 Å². The number of fused-ring (bicyclic) bond motifs is 6. The lowest BCUT2D eigenvalue weighted by molar-refractivity contribution is -0.134. The molecule has 2 aromatic carbocycles. The van der Waals surface area contributed by atoms with Gasteiger partial charge in [0.1, 0.15) is 22.0 Å². The van der Waals surface area contributed by atoms with Crippen LogP contribution in [-0.2, 0) is 31.4 Å². The highest BCUT2D eigenvalue weighted by atomic mass is 32.2. The fraction of sp³-hybridized carbons (Fsp3) is 0.407. The van der Waals surface area contributed by atoms with Crippen molar-refractivity contribution in [1.82, 2.24) is 4.90 Å². The van der Waals surface area contributed by atoms with Gasteiger partial charge in [-0.15, -0.1) is 4.40 Å². The second-order valence-corrected chi connectivity index (χ2v) is 14.7. The first kappa shape index (κ1) is 25.5. The van der Waals surface area contributed by atoms with Crippen molar-refractivity contribution in [2.75, 3.05) is 21.9 Å². The molecule has 2 unspecified atom stereocenters. The van der Waals surface area contributed by atoms with E-state index in [4.69, 9.17) is 0 Å². The number of aliphatic hydroxyl groups excluding tert-OH is 1. The Labute approximate surface area is 231 Å². The van der Waals surface area contributed by atoms with Gasteiger partial charge < -0.3 is 15.3 Å². The van der Waals surface area contributed by atoms with Crippen molar-refractivity contribution < 1.29 is 31.1 Å². The van der Waals surface area contributed by atoms with Crippen molar-refractivity contribution in [2.24, 2.45) is 22.2 Å². The number of rotatable bonds is 4. The molecule has 2 aliphatic carbocycles. The van der Waals surface area contributed by atoms with Crippen LogP contribution in [0.3, 0.4) is 0 Å². The largest absolute Gasteiger partial charge is 0.511 e. The zero-order chi connectivity index (χ0) is 28.0. The lowest BCUT2D eigenvalue weighted by Gasteiger charge is -2.44. The van der Waals surface area contributed by atoms with Gasteiger partial charge in [-0.1, -0.05) is 12.1 Å². The maximum Gasteiger partial charge on any atom is 0.286 e. The Hall–Kier alpha value is -3.45. The van der Waals surface area contributed by atoms with Crippen LogP contribution in [0.2, 0.25) is 0 Å². The average molecular weight is 587 g/mol. The summed E-state index contributed by atoms with van der Waals surface area (Å²) in [7, 11) is -7.87. The number of amidine groups is 1. The summed E-state index contributed by atoms with van der Waals surface area (Å²) in [5.41, 5.74) is 0.902. The fourth-order valence-corrected chi connectivity index (χ4v) is 9.87. The van der Waals surface area contributed by atoms with Crippen molar-refractivity contribution in [3.63, 3.8) is 0 Å². The van der Waals surface area contributed by atoms with E-state index in [1.807, 2.05) is 0 Å². The molecule has 1 amide bonds. The maximum atomic E-state index is 14.0. The molecule has 210 valence electrons. The smallest absolute Gasteiger partial charge is 0.286 e. The second-order valence-electron chi connectivity index (χ2n) is 11.1. The molecule has 1 saturated heterocycles. The number of nitrogens with one attached hydrogen (secondary N) is 1. The molecule has 7 rings (SSSR count). The van der Waals surface area contributed by atoms with E-state index in [1.54, 1.807) is 17.0 Å². The summed E-state index contributed by atoms with van der Waals surface area (Å²) in [6.07, 6.45) is 3.16. The van der Waals surface area contributed by atoms with Crippen molar-refractivity contribution in [3.8, 4) is 0 Å². The predicted molar refractivity (Wildman–Crippen MR) is 145 cm³/mol. The van der Waals surface area contributed by atoms with E-state index in [0.29, 0.717) is 6.42 Å².